The van der Waals surface area contributed by atoms with Crippen LogP contribution in [0.4, 0.5) is 0 Å². The zero-order valence-electron chi connectivity index (χ0n) is 10.9. The molecule has 5 nitrogen and oxygen atoms in total. The molecule has 1 aliphatic heterocycles. The molecule has 1 saturated carbocycles. The molecule has 0 unspecified atom stereocenters. The van der Waals surface area contributed by atoms with E-state index < -0.39 is 0 Å². The summed E-state index contributed by atoms with van der Waals surface area (Å²) in [6.07, 6.45) is 6.05. The summed E-state index contributed by atoms with van der Waals surface area (Å²) < 4.78 is 5.61. The van der Waals surface area contributed by atoms with Crippen molar-refractivity contribution in [3.63, 3.8) is 0 Å². The van der Waals surface area contributed by atoms with Crippen LogP contribution in [0.25, 0.3) is 0 Å². The maximum atomic E-state index is 11.8. The van der Waals surface area contributed by atoms with Gasteiger partial charge in [0.15, 0.2) is 0 Å². The van der Waals surface area contributed by atoms with Crippen molar-refractivity contribution >= 4 is 5.91 Å². The maximum Gasteiger partial charge on any atom is 0.246 e. The molecular formula is C13H24N2O3. The molecule has 1 heterocycles. The summed E-state index contributed by atoms with van der Waals surface area (Å²) in [5, 5.41) is 15.6. The van der Waals surface area contributed by atoms with Gasteiger partial charge in [-0.15, -0.1) is 0 Å². The minimum Gasteiger partial charge on any atom is -0.394 e. The molecule has 2 aliphatic rings. The average Bonchev–Trinajstić information content (AvgIpc) is 2.87. The van der Waals surface area contributed by atoms with Crippen LogP contribution < -0.4 is 10.6 Å². The van der Waals surface area contributed by atoms with Crippen molar-refractivity contribution in [1.29, 1.82) is 0 Å². The quantitative estimate of drug-likeness (QED) is 0.656. The smallest absolute Gasteiger partial charge is 0.246 e. The van der Waals surface area contributed by atoms with Gasteiger partial charge in [0, 0.05) is 0 Å². The van der Waals surface area contributed by atoms with Crippen LogP contribution in [0.15, 0.2) is 0 Å². The van der Waals surface area contributed by atoms with E-state index in [1.54, 1.807) is 0 Å². The lowest BCUT2D eigenvalue weighted by Gasteiger charge is -2.29. The van der Waals surface area contributed by atoms with E-state index in [1.165, 1.54) is 0 Å². The summed E-state index contributed by atoms with van der Waals surface area (Å²) in [4.78, 5) is 11.8. The van der Waals surface area contributed by atoms with Gasteiger partial charge >= 0.3 is 0 Å². The fourth-order valence-electron chi connectivity index (χ4n) is 2.86. The van der Waals surface area contributed by atoms with Gasteiger partial charge in [-0.3, -0.25) is 4.79 Å². The van der Waals surface area contributed by atoms with Gasteiger partial charge in [-0.2, -0.15) is 0 Å². The van der Waals surface area contributed by atoms with Crippen LogP contribution >= 0.6 is 0 Å². The van der Waals surface area contributed by atoms with Crippen LogP contribution in [-0.2, 0) is 9.53 Å². The Morgan fingerprint density at radius 2 is 2.00 bits per heavy atom. The van der Waals surface area contributed by atoms with Crippen LogP contribution in [-0.4, -0.2) is 49.0 Å². The van der Waals surface area contributed by atoms with Gasteiger partial charge in [-0.1, -0.05) is 12.8 Å². The lowest BCUT2D eigenvalue weighted by atomic mass is 9.99. The second-order valence-corrected chi connectivity index (χ2v) is 5.45. The lowest BCUT2D eigenvalue weighted by molar-refractivity contribution is -0.130. The Kier molecular flexibility index (Phi) is 4.97. The Morgan fingerprint density at radius 3 is 2.61 bits per heavy atom. The molecule has 0 bridgehead atoms. The monoisotopic (exact) mass is 256 g/mol. The van der Waals surface area contributed by atoms with E-state index in [9.17, 15) is 9.90 Å². The SMILES string of the molecule is O=C(COC1CCNCC1)NC1(CO)CCCC1. The Bertz CT molecular complexity index is 271. The molecule has 18 heavy (non-hydrogen) atoms. The number of ether oxygens (including phenoxy) is 1. The van der Waals surface area contributed by atoms with E-state index in [0.717, 1.165) is 51.6 Å². The predicted octanol–water partition coefficient (Wildman–Crippen LogP) is 0.176. The number of amides is 1. The van der Waals surface area contributed by atoms with E-state index in [2.05, 4.69) is 10.6 Å². The molecular weight excluding hydrogens is 232 g/mol. The third-order valence-electron chi connectivity index (χ3n) is 4.00. The zero-order chi connectivity index (χ0) is 12.8. The van der Waals surface area contributed by atoms with Crippen LogP contribution in [0.5, 0.6) is 0 Å². The minimum atomic E-state index is -0.380. The number of aliphatic hydroxyl groups excluding tert-OH is 1. The largest absolute Gasteiger partial charge is 0.394 e. The second-order valence-electron chi connectivity index (χ2n) is 5.45. The molecule has 1 aliphatic carbocycles. The molecule has 1 amide bonds. The van der Waals surface area contributed by atoms with Crippen molar-refractivity contribution in [1.82, 2.24) is 10.6 Å². The Balaban J connectivity index is 1.70. The standard InChI is InChI=1S/C13H24N2O3/c16-10-13(5-1-2-6-13)15-12(17)9-18-11-3-7-14-8-4-11/h11,14,16H,1-10H2,(H,15,17). The lowest BCUT2D eigenvalue weighted by Crippen LogP contribution is -2.50. The highest BCUT2D eigenvalue weighted by Gasteiger charge is 2.34. The second kappa shape index (κ2) is 6.50. The van der Waals surface area contributed by atoms with Crippen molar-refractivity contribution in [3.8, 4) is 0 Å². The Hall–Kier alpha value is -0.650. The predicted molar refractivity (Wildman–Crippen MR) is 68.3 cm³/mol. The number of rotatable bonds is 5. The van der Waals surface area contributed by atoms with Crippen molar-refractivity contribution in [2.24, 2.45) is 0 Å². The van der Waals surface area contributed by atoms with Crippen molar-refractivity contribution in [2.75, 3.05) is 26.3 Å². The Morgan fingerprint density at radius 1 is 1.33 bits per heavy atom. The first-order chi connectivity index (χ1) is 8.74. The van der Waals surface area contributed by atoms with Gasteiger partial charge < -0.3 is 20.5 Å². The van der Waals surface area contributed by atoms with Gasteiger partial charge in [0.1, 0.15) is 6.61 Å². The first-order valence-corrected chi connectivity index (χ1v) is 6.98. The number of nitrogens with one attached hydrogen (secondary N) is 2. The maximum absolute atomic E-state index is 11.8. The number of hydrogen-bond acceptors (Lipinski definition) is 4. The summed E-state index contributed by atoms with van der Waals surface area (Å²) >= 11 is 0. The normalized spacial score (nSPS) is 24.1. The molecule has 0 spiro atoms. The third-order valence-corrected chi connectivity index (χ3v) is 4.00. The summed E-state index contributed by atoms with van der Waals surface area (Å²) in [6.45, 7) is 2.08. The van der Waals surface area contributed by atoms with Gasteiger partial charge in [-0.05, 0) is 38.8 Å². The number of carbonyl (C=O) groups is 1. The molecule has 1 saturated heterocycles. The number of piperidine rings is 1. The molecule has 5 heteroatoms. The van der Waals surface area contributed by atoms with E-state index in [4.69, 9.17) is 4.74 Å². The highest BCUT2D eigenvalue weighted by molar-refractivity contribution is 5.78. The van der Waals surface area contributed by atoms with Crippen LogP contribution in [0.2, 0.25) is 0 Å². The first-order valence-electron chi connectivity index (χ1n) is 6.98. The average molecular weight is 256 g/mol. The fourth-order valence-corrected chi connectivity index (χ4v) is 2.86. The van der Waals surface area contributed by atoms with Crippen molar-refractivity contribution in [2.45, 2.75) is 50.2 Å². The van der Waals surface area contributed by atoms with Gasteiger partial charge in [0.05, 0.1) is 18.2 Å². The van der Waals surface area contributed by atoms with Crippen molar-refractivity contribution in [3.05, 3.63) is 0 Å². The third kappa shape index (κ3) is 3.67. The summed E-state index contributed by atoms with van der Waals surface area (Å²) in [5.74, 6) is -0.0931. The molecule has 0 radical (unpaired) electrons. The topological polar surface area (TPSA) is 70.6 Å². The van der Waals surface area contributed by atoms with Gasteiger partial charge in [0.25, 0.3) is 0 Å². The number of hydrogen-bond donors (Lipinski definition) is 3. The Labute approximate surface area is 108 Å². The minimum absolute atomic E-state index is 0.0338. The van der Waals surface area contributed by atoms with E-state index >= 15 is 0 Å². The molecule has 104 valence electrons. The summed E-state index contributed by atoms with van der Waals surface area (Å²) in [7, 11) is 0. The highest BCUT2D eigenvalue weighted by Crippen LogP contribution is 2.28. The summed E-state index contributed by atoms with van der Waals surface area (Å²) in [5.41, 5.74) is -0.380. The first kappa shape index (κ1) is 13.8. The van der Waals surface area contributed by atoms with E-state index in [0.29, 0.717) is 0 Å². The van der Waals surface area contributed by atoms with Crippen LogP contribution in [0, 0.1) is 0 Å². The van der Waals surface area contributed by atoms with Crippen molar-refractivity contribution < 1.29 is 14.6 Å². The van der Waals surface area contributed by atoms with Gasteiger partial charge in [-0.25, -0.2) is 0 Å². The molecule has 3 N–H and O–H groups in total. The molecule has 0 atom stereocenters. The number of aliphatic hydroxyl groups is 1. The van der Waals surface area contributed by atoms with Crippen LogP contribution in [0.3, 0.4) is 0 Å². The zero-order valence-corrected chi connectivity index (χ0v) is 10.9. The van der Waals surface area contributed by atoms with Crippen LogP contribution in [0.1, 0.15) is 38.5 Å². The molecule has 0 aromatic rings. The molecule has 2 fully saturated rings. The van der Waals surface area contributed by atoms with Gasteiger partial charge in [0.2, 0.25) is 5.91 Å². The van der Waals surface area contributed by atoms with E-state index in [-0.39, 0.29) is 30.8 Å². The highest BCUT2D eigenvalue weighted by atomic mass is 16.5. The fraction of sp³-hybridized carbons (Fsp3) is 0.923. The molecule has 0 aromatic heterocycles. The molecule has 2 rings (SSSR count). The molecule has 0 aromatic carbocycles. The summed E-state index contributed by atoms with van der Waals surface area (Å²) in [6, 6.07) is 0. The number of carbonyl (C=O) groups excluding carboxylic acids is 1. The van der Waals surface area contributed by atoms with E-state index in [1.807, 2.05) is 0 Å².